The van der Waals surface area contributed by atoms with Gasteiger partial charge in [-0.25, -0.2) is 9.18 Å². The number of aliphatic hydroxyl groups is 1. The highest BCUT2D eigenvalue weighted by Gasteiger charge is 2.50. The average molecular weight is 383 g/mol. The lowest BCUT2D eigenvalue weighted by Gasteiger charge is -2.23. The first-order valence-corrected chi connectivity index (χ1v) is 8.55. The molecule has 2 unspecified atom stereocenters. The van der Waals surface area contributed by atoms with E-state index in [-0.39, 0.29) is 18.7 Å². The molecule has 2 aromatic rings. The molecule has 0 saturated carbocycles. The van der Waals surface area contributed by atoms with Gasteiger partial charge in [-0.2, -0.15) is 5.26 Å². The van der Waals surface area contributed by atoms with Crippen LogP contribution < -0.4 is 10.1 Å². The standard InChI is InChI=1S/C20H18FN3O4/c1-20(16-4-2-3-5-17(16)21)18(26)24(19(27)23-20)11-14(25)12-28-15-8-6-13(10-22)7-9-15/h2-9,14,25H,11-12H2,1H3,(H,23,27). The van der Waals surface area contributed by atoms with Crippen molar-refractivity contribution in [1.82, 2.24) is 10.2 Å². The smallest absolute Gasteiger partial charge is 0.325 e. The summed E-state index contributed by atoms with van der Waals surface area (Å²) in [6.07, 6.45) is -1.15. The molecular weight excluding hydrogens is 365 g/mol. The van der Waals surface area contributed by atoms with E-state index in [4.69, 9.17) is 10.00 Å². The summed E-state index contributed by atoms with van der Waals surface area (Å²) in [4.78, 5) is 25.9. The quantitative estimate of drug-likeness (QED) is 0.742. The second kappa shape index (κ2) is 7.66. The summed E-state index contributed by atoms with van der Waals surface area (Å²) in [5.41, 5.74) is -1.02. The van der Waals surface area contributed by atoms with E-state index in [0.29, 0.717) is 11.3 Å². The molecule has 0 aromatic heterocycles. The number of nitriles is 1. The van der Waals surface area contributed by atoms with Gasteiger partial charge in [0, 0.05) is 5.56 Å². The first-order chi connectivity index (χ1) is 13.3. The summed E-state index contributed by atoms with van der Waals surface area (Å²) >= 11 is 0. The van der Waals surface area contributed by atoms with E-state index in [1.807, 2.05) is 6.07 Å². The monoisotopic (exact) mass is 383 g/mol. The van der Waals surface area contributed by atoms with Crippen LogP contribution in [-0.2, 0) is 10.3 Å². The molecule has 1 heterocycles. The highest BCUT2D eigenvalue weighted by molar-refractivity contribution is 6.07. The van der Waals surface area contributed by atoms with Gasteiger partial charge >= 0.3 is 6.03 Å². The Kier molecular flexibility index (Phi) is 5.29. The molecule has 0 bridgehead atoms. The van der Waals surface area contributed by atoms with Crippen molar-refractivity contribution in [3.05, 3.63) is 65.5 Å². The van der Waals surface area contributed by atoms with Crippen molar-refractivity contribution in [3.63, 3.8) is 0 Å². The molecule has 0 aliphatic carbocycles. The minimum atomic E-state index is -1.55. The number of imide groups is 1. The molecule has 28 heavy (non-hydrogen) atoms. The first kappa shape index (κ1) is 19.3. The fourth-order valence-corrected chi connectivity index (χ4v) is 2.99. The van der Waals surface area contributed by atoms with Gasteiger partial charge in [0.25, 0.3) is 5.91 Å². The number of nitrogens with zero attached hydrogens (tertiary/aromatic N) is 2. The minimum Gasteiger partial charge on any atom is -0.491 e. The summed E-state index contributed by atoms with van der Waals surface area (Å²) in [6.45, 7) is 0.954. The molecule has 8 heteroatoms. The number of carbonyl (C=O) groups excluding carboxylic acids is 2. The van der Waals surface area contributed by atoms with E-state index in [1.54, 1.807) is 30.3 Å². The Morgan fingerprint density at radius 1 is 1.25 bits per heavy atom. The van der Waals surface area contributed by atoms with Crippen molar-refractivity contribution in [2.45, 2.75) is 18.6 Å². The van der Waals surface area contributed by atoms with Crippen molar-refractivity contribution >= 4 is 11.9 Å². The Morgan fingerprint density at radius 2 is 1.93 bits per heavy atom. The van der Waals surface area contributed by atoms with Crippen molar-refractivity contribution in [2.75, 3.05) is 13.2 Å². The average Bonchev–Trinajstić information content (AvgIpc) is 2.91. The largest absolute Gasteiger partial charge is 0.491 e. The van der Waals surface area contributed by atoms with E-state index >= 15 is 0 Å². The molecule has 3 amide bonds. The first-order valence-electron chi connectivity index (χ1n) is 8.55. The molecule has 0 radical (unpaired) electrons. The van der Waals surface area contributed by atoms with Gasteiger partial charge in [-0.15, -0.1) is 0 Å². The van der Waals surface area contributed by atoms with Crippen molar-refractivity contribution < 1.29 is 23.8 Å². The fourth-order valence-electron chi connectivity index (χ4n) is 2.99. The van der Waals surface area contributed by atoms with Gasteiger partial charge in [0.2, 0.25) is 0 Å². The van der Waals surface area contributed by atoms with Crippen molar-refractivity contribution in [2.24, 2.45) is 0 Å². The fraction of sp³-hybridized carbons (Fsp3) is 0.250. The van der Waals surface area contributed by atoms with Gasteiger partial charge in [0.1, 0.15) is 29.8 Å². The summed E-state index contributed by atoms with van der Waals surface area (Å²) in [7, 11) is 0. The van der Waals surface area contributed by atoms with Crippen molar-refractivity contribution in [1.29, 1.82) is 5.26 Å². The Labute approximate surface area is 161 Å². The van der Waals surface area contributed by atoms with Crippen LogP contribution in [0.1, 0.15) is 18.1 Å². The number of hydrogen-bond acceptors (Lipinski definition) is 5. The lowest BCUT2D eigenvalue weighted by Crippen LogP contribution is -2.43. The lowest BCUT2D eigenvalue weighted by molar-refractivity contribution is -0.132. The molecule has 7 nitrogen and oxygen atoms in total. The number of carbonyl (C=O) groups is 2. The second-order valence-corrected chi connectivity index (χ2v) is 6.55. The number of urea groups is 1. The predicted octanol–water partition coefficient (Wildman–Crippen LogP) is 1.90. The molecule has 1 saturated heterocycles. The molecule has 0 spiro atoms. The van der Waals surface area contributed by atoms with Crippen LogP contribution in [-0.4, -0.2) is 41.2 Å². The zero-order chi connectivity index (χ0) is 20.3. The topological polar surface area (TPSA) is 103 Å². The van der Waals surface area contributed by atoms with E-state index in [0.717, 1.165) is 4.90 Å². The van der Waals surface area contributed by atoms with Gasteiger partial charge in [0.05, 0.1) is 18.2 Å². The van der Waals surface area contributed by atoms with Crippen LogP contribution in [0.3, 0.4) is 0 Å². The van der Waals surface area contributed by atoms with Crippen LogP contribution in [0.5, 0.6) is 5.75 Å². The van der Waals surface area contributed by atoms with E-state index in [2.05, 4.69) is 5.32 Å². The number of hydrogen-bond donors (Lipinski definition) is 2. The van der Waals surface area contributed by atoms with Gasteiger partial charge in [-0.1, -0.05) is 18.2 Å². The van der Waals surface area contributed by atoms with E-state index < -0.39 is 29.4 Å². The molecule has 144 valence electrons. The Morgan fingerprint density at radius 3 is 2.57 bits per heavy atom. The third-order valence-electron chi connectivity index (χ3n) is 4.51. The number of aliphatic hydroxyl groups excluding tert-OH is 1. The molecular formula is C20H18FN3O4. The van der Waals surface area contributed by atoms with Gasteiger partial charge in [-0.3, -0.25) is 9.69 Å². The van der Waals surface area contributed by atoms with Crippen LogP contribution in [0.2, 0.25) is 0 Å². The number of rotatable bonds is 6. The Hall–Kier alpha value is -3.44. The highest BCUT2D eigenvalue weighted by atomic mass is 19.1. The van der Waals surface area contributed by atoms with E-state index in [1.165, 1.54) is 25.1 Å². The van der Waals surface area contributed by atoms with Gasteiger partial charge < -0.3 is 15.2 Å². The number of ether oxygens (including phenoxy) is 1. The van der Waals surface area contributed by atoms with Gasteiger partial charge in [0.15, 0.2) is 0 Å². The van der Waals surface area contributed by atoms with Crippen molar-refractivity contribution in [3.8, 4) is 11.8 Å². The molecule has 2 atom stereocenters. The Balaban J connectivity index is 1.65. The lowest BCUT2D eigenvalue weighted by atomic mass is 9.91. The number of halogens is 1. The summed E-state index contributed by atoms with van der Waals surface area (Å²) in [5, 5.41) is 21.4. The number of nitrogens with one attached hydrogen (secondary N) is 1. The van der Waals surface area contributed by atoms with E-state index in [9.17, 15) is 19.1 Å². The molecule has 1 aliphatic heterocycles. The number of β-amino-alcohol motifs (C(OH)–C–C–N with tert-alkyl or cyclic N) is 1. The highest BCUT2D eigenvalue weighted by Crippen LogP contribution is 2.30. The van der Waals surface area contributed by atoms with Gasteiger partial charge in [-0.05, 0) is 37.3 Å². The van der Waals surface area contributed by atoms with Crippen LogP contribution in [0.25, 0.3) is 0 Å². The minimum absolute atomic E-state index is 0.0548. The van der Waals surface area contributed by atoms with Crippen LogP contribution >= 0.6 is 0 Å². The maximum absolute atomic E-state index is 14.1. The zero-order valence-corrected chi connectivity index (χ0v) is 15.1. The molecule has 3 rings (SSSR count). The normalized spacial score (nSPS) is 19.9. The maximum Gasteiger partial charge on any atom is 0.325 e. The maximum atomic E-state index is 14.1. The third kappa shape index (κ3) is 3.66. The SMILES string of the molecule is CC1(c2ccccc2F)NC(=O)N(CC(O)COc2ccc(C#N)cc2)C1=O. The number of benzene rings is 2. The molecule has 2 N–H and O–H groups in total. The Bertz CT molecular complexity index is 941. The second-order valence-electron chi connectivity index (χ2n) is 6.55. The molecule has 1 fully saturated rings. The van der Waals surface area contributed by atoms with Crippen LogP contribution in [0.15, 0.2) is 48.5 Å². The summed E-state index contributed by atoms with van der Waals surface area (Å²) in [6, 6.07) is 13.3. The summed E-state index contributed by atoms with van der Waals surface area (Å²) < 4.78 is 19.5. The molecule has 2 aromatic carbocycles. The molecule has 1 aliphatic rings. The number of amides is 3. The zero-order valence-electron chi connectivity index (χ0n) is 15.1. The van der Waals surface area contributed by atoms with Crippen LogP contribution in [0.4, 0.5) is 9.18 Å². The predicted molar refractivity (Wildman–Crippen MR) is 96.7 cm³/mol. The summed E-state index contributed by atoms with van der Waals surface area (Å²) in [5.74, 6) is -0.823. The third-order valence-corrected chi connectivity index (χ3v) is 4.51. The van der Waals surface area contributed by atoms with Crippen LogP contribution in [0, 0.1) is 17.1 Å².